The molecule has 0 N–H and O–H groups in total. The molecule has 0 spiro atoms. The van der Waals surface area contributed by atoms with Gasteiger partial charge in [0.2, 0.25) is 0 Å². The third-order valence-electron chi connectivity index (χ3n) is 2.96. The summed E-state index contributed by atoms with van der Waals surface area (Å²) in [5.41, 5.74) is 4.28. The Morgan fingerprint density at radius 2 is 1.89 bits per heavy atom. The number of pyridine rings is 1. The SMILES string of the molecule is Cc1ccc(-c2nc3ccccn3c2C#N)cc1. The Bertz CT molecular complexity index is 745. The van der Waals surface area contributed by atoms with Crippen LogP contribution < -0.4 is 0 Å². The smallest absolute Gasteiger partial charge is 0.152 e. The second kappa shape index (κ2) is 4.01. The van der Waals surface area contributed by atoms with Crippen LogP contribution in [0.4, 0.5) is 0 Å². The highest BCUT2D eigenvalue weighted by Gasteiger charge is 2.12. The highest BCUT2D eigenvalue weighted by molar-refractivity contribution is 5.69. The van der Waals surface area contributed by atoms with Gasteiger partial charge in [0.25, 0.3) is 0 Å². The minimum Gasteiger partial charge on any atom is -0.291 e. The predicted octanol–water partition coefficient (Wildman–Crippen LogP) is 3.18. The van der Waals surface area contributed by atoms with Gasteiger partial charge in [0, 0.05) is 11.8 Å². The minimum absolute atomic E-state index is 0.578. The molecule has 3 nitrogen and oxygen atoms in total. The summed E-state index contributed by atoms with van der Waals surface area (Å²) in [4.78, 5) is 4.52. The van der Waals surface area contributed by atoms with Gasteiger partial charge in [0.15, 0.2) is 5.69 Å². The molecule has 0 radical (unpaired) electrons. The number of aryl methyl sites for hydroxylation is 1. The molecule has 0 unspecified atom stereocenters. The van der Waals surface area contributed by atoms with Crippen molar-refractivity contribution in [2.45, 2.75) is 6.92 Å². The maximum absolute atomic E-state index is 9.31. The zero-order valence-electron chi connectivity index (χ0n) is 9.96. The van der Waals surface area contributed by atoms with Crippen molar-refractivity contribution in [3.8, 4) is 17.3 Å². The quantitative estimate of drug-likeness (QED) is 0.647. The van der Waals surface area contributed by atoms with E-state index in [0.29, 0.717) is 5.69 Å². The normalized spacial score (nSPS) is 10.4. The lowest BCUT2D eigenvalue weighted by atomic mass is 10.1. The van der Waals surface area contributed by atoms with Gasteiger partial charge in [-0.15, -0.1) is 0 Å². The summed E-state index contributed by atoms with van der Waals surface area (Å²) < 4.78 is 1.81. The number of benzene rings is 1. The molecule has 0 fully saturated rings. The molecule has 0 aliphatic rings. The average molecular weight is 233 g/mol. The number of imidazole rings is 1. The van der Waals surface area contributed by atoms with Crippen LogP contribution in [0.1, 0.15) is 11.3 Å². The van der Waals surface area contributed by atoms with E-state index in [0.717, 1.165) is 16.9 Å². The van der Waals surface area contributed by atoms with Gasteiger partial charge in [-0.3, -0.25) is 4.40 Å². The number of hydrogen-bond acceptors (Lipinski definition) is 2. The monoisotopic (exact) mass is 233 g/mol. The first kappa shape index (κ1) is 10.5. The molecule has 0 aliphatic heterocycles. The fourth-order valence-electron chi connectivity index (χ4n) is 2.02. The van der Waals surface area contributed by atoms with Crippen molar-refractivity contribution < 1.29 is 0 Å². The van der Waals surface area contributed by atoms with Crippen LogP contribution in [0.25, 0.3) is 16.9 Å². The number of aromatic nitrogens is 2. The highest BCUT2D eigenvalue weighted by Crippen LogP contribution is 2.24. The van der Waals surface area contributed by atoms with Gasteiger partial charge < -0.3 is 0 Å². The molecule has 0 atom stereocenters. The fraction of sp³-hybridized carbons (Fsp3) is 0.0667. The van der Waals surface area contributed by atoms with E-state index < -0.39 is 0 Å². The molecule has 2 heterocycles. The molecular formula is C15H11N3. The van der Waals surface area contributed by atoms with Crippen molar-refractivity contribution in [1.82, 2.24) is 9.38 Å². The average Bonchev–Trinajstić information content (AvgIpc) is 2.78. The van der Waals surface area contributed by atoms with E-state index >= 15 is 0 Å². The van der Waals surface area contributed by atoms with Gasteiger partial charge in [-0.05, 0) is 19.1 Å². The van der Waals surface area contributed by atoms with Crippen molar-refractivity contribution in [1.29, 1.82) is 5.26 Å². The lowest BCUT2D eigenvalue weighted by Crippen LogP contribution is -1.87. The zero-order valence-corrected chi connectivity index (χ0v) is 9.96. The molecule has 2 aromatic heterocycles. The summed E-state index contributed by atoms with van der Waals surface area (Å²) in [6.45, 7) is 2.04. The van der Waals surface area contributed by atoms with E-state index in [4.69, 9.17) is 0 Å². The third kappa shape index (κ3) is 1.56. The van der Waals surface area contributed by atoms with Crippen molar-refractivity contribution in [2.24, 2.45) is 0 Å². The topological polar surface area (TPSA) is 41.1 Å². The molecular weight excluding hydrogens is 222 g/mol. The highest BCUT2D eigenvalue weighted by atomic mass is 15.0. The van der Waals surface area contributed by atoms with Crippen LogP contribution in [0.3, 0.4) is 0 Å². The van der Waals surface area contributed by atoms with Crippen LogP contribution in [0.15, 0.2) is 48.7 Å². The van der Waals surface area contributed by atoms with Gasteiger partial charge in [-0.25, -0.2) is 4.98 Å². The van der Waals surface area contributed by atoms with Crippen LogP contribution in [0.5, 0.6) is 0 Å². The third-order valence-corrected chi connectivity index (χ3v) is 2.96. The van der Waals surface area contributed by atoms with E-state index in [2.05, 4.69) is 11.1 Å². The lowest BCUT2D eigenvalue weighted by molar-refractivity contribution is 1.15. The summed E-state index contributed by atoms with van der Waals surface area (Å²) in [6.07, 6.45) is 1.86. The second-order valence-electron chi connectivity index (χ2n) is 4.22. The second-order valence-corrected chi connectivity index (χ2v) is 4.22. The van der Waals surface area contributed by atoms with E-state index in [-0.39, 0.29) is 0 Å². The van der Waals surface area contributed by atoms with E-state index in [1.165, 1.54) is 5.56 Å². The van der Waals surface area contributed by atoms with Crippen molar-refractivity contribution in [3.63, 3.8) is 0 Å². The van der Waals surface area contributed by atoms with Crippen LogP contribution in [-0.4, -0.2) is 9.38 Å². The minimum atomic E-state index is 0.578. The number of nitrogens with zero attached hydrogens (tertiary/aromatic N) is 3. The van der Waals surface area contributed by atoms with Gasteiger partial charge in [0.05, 0.1) is 0 Å². The Morgan fingerprint density at radius 1 is 1.11 bits per heavy atom. The Hall–Kier alpha value is -2.60. The molecule has 18 heavy (non-hydrogen) atoms. The Morgan fingerprint density at radius 3 is 2.61 bits per heavy atom. The van der Waals surface area contributed by atoms with Crippen LogP contribution in [0.2, 0.25) is 0 Å². The molecule has 86 valence electrons. The number of fused-ring (bicyclic) bond motifs is 1. The van der Waals surface area contributed by atoms with Crippen molar-refractivity contribution >= 4 is 5.65 Å². The Kier molecular flexibility index (Phi) is 2.35. The molecule has 3 heteroatoms. The Labute approximate surface area is 105 Å². The maximum Gasteiger partial charge on any atom is 0.152 e. The molecule has 0 amide bonds. The van der Waals surface area contributed by atoms with Gasteiger partial charge in [-0.1, -0.05) is 35.9 Å². The van der Waals surface area contributed by atoms with Crippen LogP contribution in [0, 0.1) is 18.3 Å². The van der Waals surface area contributed by atoms with E-state index in [1.54, 1.807) is 0 Å². The summed E-state index contributed by atoms with van der Waals surface area (Å²) in [5.74, 6) is 0. The van der Waals surface area contributed by atoms with Gasteiger partial charge in [-0.2, -0.15) is 5.26 Å². The predicted molar refractivity (Wildman–Crippen MR) is 70.1 cm³/mol. The number of nitriles is 1. The maximum atomic E-state index is 9.31. The van der Waals surface area contributed by atoms with Gasteiger partial charge >= 0.3 is 0 Å². The summed E-state index contributed by atoms with van der Waals surface area (Å²) in [5, 5.41) is 9.31. The molecule has 1 aromatic carbocycles. The van der Waals surface area contributed by atoms with Crippen LogP contribution >= 0.6 is 0 Å². The number of hydrogen-bond donors (Lipinski definition) is 0. The zero-order chi connectivity index (χ0) is 12.5. The Balaban J connectivity index is 2.29. The lowest BCUT2D eigenvalue weighted by Gasteiger charge is -1.98. The molecule has 0 saturated heterocycles. The van der Waals surface area contributed by atoms with Gasteiger partial charge in [0.1, 0.15) is 17.4 Å². The largest absolute Gasteiger partial charge is 0.291 e. The summed E-state index contributed by atoms with van der Waals surface area (Å²) >= 11 is 0. The molecule has 3 aromatic rings. The number of rotatable bonds is 1. The summed E-state index contributed by atoms with van der Waals surface area (Å²) in [7, 11) is 0. The van der Waals surface area contributed by atoms with Crippen molar-refractivity contribution in [2.75, 3.05) is 0 Å². The first-order valence-electron chi connectivity index (χ1n) is 5.74. The molecule has 0 aliphatic carbocycles. The van der Waals surface area contributed by atoms with Crippen molar-refractivity contribution in [3.05, 3.63) is 59.9 Å². The molecule has 3 rings (SSSR count). The first-order valence-corrected chi connectivity index (χ1v) is 5.74. The fourth-order valence-corrected chi connectivity index (χ4v) is 2.02. The standard InChI is InChI=1S/C15H11N3/c1-11-5-7-12(8-6-11)15-13(10-16)18-9-3-2-4-14(18)17-15/h2-9H,1H3. The summed E-state index contributed by atoms with van der Waals surface area (Å²) in [6, 6.07) is 16.0. The van der Waals surface area contributed by atoms with E-state index in [9.17, 15) is 5.26 Å². The van der Waals surface area contributed by atoms with Crippen LogP contribution in [-0.2, 0) is 0 Å². The molecule has 0 bridgehead atoms. The van der Waals surface area contributed by atoms with E-state index in [1.807, 2.05) is 60.0 Å². The molecule has 0 saturated carbocycles. The first-order chi connectivity index (χ1) is 8.79.